The summed E-state index contributed by atoms with van der Waals surface area (Å²) in [6, 6.07) is 1.30. The highest BCUT2D eigenvalue weighted by atomic mass is 127. The van der Waals surface area contributed by atoms with Crippen LogP contribution < -0.4 is 31.2 Å². The zero-order valence-electron chi connectivity index (χ0n) is 30.8. The number of hydrogen-bond acceptors (Lipinski definition) is 14. The highest BCUT2D eigenvalue weighted by Crippen LogP contribution is 2.39. The van der Waals surface area contributed by atoms with E-state index in [0.29, 0.717) is 0 Å². The van der Waals surface area contributed by atoms with E-state index in [9.17, 15) is 64.5 Å². The van der Waals surface area contributed by atoms with Crippen molar-refractivity contribution in [3.8, 4) is 0 Å². The van der Waals surface area contributed by atoms with Crippen molar-refractivity contribution in [3.63, 3.8) is 0 Å². The van der Waals surface area contributed by atoms with E-state index < -0.39 is 92.8 Å². The maximum atomic E-state index is 13.6. The van der Waals surface area contributed by atoms with E-state index in [2.05, 4.69) is 21.4 Å². The smallest absolute Gasteiger partial charge is 0.277 e. The number of aliphatic hydroxyl groups is 7. The first kappa shape index (κ1) is 52.7. The summed E-state index contributed by atoms with van der Waals surface area (Å²) < 4.78 is 0.704. The van der Waals surface area contributed by atoms with E-state index in [1.807, 2.05) is 0 Å². The van der Waals surface area contributed by atoms with E-state index in [4.69, 9.17) is 4.84 Å². The second kappa shape index (κ2) is 24.9. The van der Waals surface area contributed by atoms with Gasteiger partial charge in [-0.2, -0.15) is 0 Å². The van der Waals surface area contributed by atoms with Crippen LogP contribution in [0.3, 0.4) is 0 Å². The van der Waals surface area contributed by atoms with Crippen LogP contribution in [0.4, 0.5) is 11.4 Å². The number of amides is 6. The fourth-order valence-electron chi connectivity index (χ4n) is 4.96. The highest BCUT2D eigenvalue weighted by Gasteiger charge is 2.34. The number of hydrogen-bond donors (Lipinski definition) is 11. The first-order chi connectivity index (χ1) is 27.2. The molecule has 4 atom stereocenters. The molecule has 0 saturated heterocycles. The molecule has 0 bridgehead atoms. The maximum absolute atomic E-state index is 13.6. The molecule has 6 amide bonds. The standard InChI is InChI=1S/C33H41I5N6O14/c1-13(48)43(20-4-19(30(54)39-5-15(50)10-45)24(34)21(25(20)35)33(57)42-58-3)8-18(53)9-44(14(2)49)29-27(37)22(31(55)40-6-16(51)11-46)26(36)23(28(29)38)32(56)41-7-17(52)12-47/h4,15-18,45-47,50-53H,5-12H2,1-3H3,(H,39,54)(H,40,55)(H,41,56)(H,42,57). The topological polar surface area (TPSA) is 308 Å². The molecule has 4 unspecified atom stereocenters. The zero-order chi connectivity index (χ0) is 44.2. The molecule has 0 radical (unpaired) electrons. The molecule has 0 aliphatic carbocycles. The number of carbonyl (C=O) groups excluding carboxylic acids is 6. The first-order valence-electron chi connectivity index (χ1n) is 16.7. The van der Waals surface area contributed by atoms with Crippen molar-refractivity contribution in [2.75, 3.05) is 69.5 Å². The number of carbonyl (C=O) groups is 6. The molecule has 0 aliphatic heterocycles. The third kappa shape index (κ3) is 13.8. The Morgan fingerprint density at radius 1 is 0.586 bits per heavy atom. The lowest BCUT2D eigenvalue weighted by molar-refractivity contribution is -0.117. The van der Waals surface area contributed by atoms with Crippen LogP contribution in [-0.4, -0.2) is 155 Å². The molecule has 58 heavy (non-hydrogen) atoms. The van der Waals surface area contributed by atoms with Gasteiger partial charge in [0.25, 0.3) is 23.6 Å². The molecule has 0 aliphatic rings. The minimum absolute atomic E-state index is 0.00234. The van der Waals surface area contributed by atoms with Gasteiger partial charge in [0.2, 0.25) is 11.8 Å². The summed E-state index contributed by atoms with van der Waals surface area (Å²) in [5.74, 6) is -4.45. The fraction of sp³-hybridized carbons (Fsp3) is 0.455. The number of aliphatic hydroxyl groups excluding tert-OH is 7. The van der Waals surface area contributed by atoms with Crippen LogP contribution in [0.25, 0.3) is 0 Å². The van der Waals surface area contributed by atoms with Crippen LogP contribution >= 0.6 is 113 Å². The lowest BCUT2D eigenvalue weighted by atomic mass is 10.1. The number of nitrogens with zero attached hydrogens (tertiary/aromatic N) is 2. The minimum Gasteiger partial charge on any atom is -0.394 e. The van der Waals surface area contributed by atoms with Crippen LogP contribution in [0.5, 0.6) is 0 Å². The Bertz CT molecular complexity index is 1820. The quantitative estimate of drug-likeness (QED) is 0.0562. The van der Waals surface area contributed by atoms with Crippen molar-refractivity contribution in [3.05, 3.63) is 46.2 Å². The van der Waals surface area contributed by atoms with Crippen molar-refractivity contribution < 1.29 is 69.4 Å². The lowest BCUT2D eigenvalue weighted by Gasteiger charge is -2.32. The van der Waals surface area contributed by atoms with E-state index >= 15 is 0 Å². The van der Waals surface area contributed by atoms with Gasteiger partial charge in [-0.3, -0.25) is 33.6 Å². The largest absolute Gasteiger partial charge is 0.394 e. The summed E-state index contributed by atoms with van der Waals surface area (Å²) in [7, 11) is 1.19. The van der Waals surface area contributed by atoms with E-state index in [1.54, 1.807) is 113 Å². The lowest BCUT2D eigenvalue weighted by Crippen LogP contribution is -2.45. The van der Waals surface area contributed by atoms with Gasteiger partial charge in [-0.25, -0.2) is 5.48 Å². The molecular formula is C33H41I5N6O14. The van der Waals surface area contributed by atoms with Gasteiger partial charge < -0.3 is 61.5 Å². The van der Waals surface area contributed by atoms with E-state index in [-0.39, 0.29) is 71.1 Å². The van der Waals surface area contributed by atoms with Crippen LogP contribution in [0.1, 0.15) is 55.3 Å². The number of benzene rings is 2. The third-order valence-electron chi connectivity index (χ3n) is 7.83. The fourth-order valence-corrected chi connectivity index (χ4v) is 12.1. The predicted molar refractivity (Wildman–Crippen MR) is 249 cm³/mol. The molecule has 0 aromatic heterocycles. The number of anilines is 2. The predicted octanol–water partition coefficient (Wildman–Crippen LogP) is -0.983. The van der Waals surface area contributed by atoms with Crippen molar-refractivity contribution in [2.24, 2.45) is 0 Å². The molecule has 322 valence electrons. The van der Waals surface area contributed by atoms with Crippen molar-refractivity contribution >= 4 is 160 Å². The highest BCUT2D eigenvalue weighted by molar-refractivity contribution is 14.1. The number of nitrogens with one attached hydrogen (secondary N) is 4. The van der Waals surface area contributed by atoms with Gasteiger partial charge in [-0.15, -0.1) is 0 Å². The monoisotopic (exact) mass is 1380 g/mol. The van der Waals surface area contributed by atoms with Crippen molar-refractivity contribution in [2.45, 2.75) is 38.3 Å². The first-order valence-corrected chi connectivity index (χ1v) is 22.1. The third-order valence-corrected chi connectivity index (χ3v) is 13.2. The molecule has 2 rings (SSSR count). The van der Waals surface area contributed by atoms with Crippen LogP contribution in [0.15, 0.2) is 6.07 Å². The maximum Gasteiger partial charge on any atom is 0.277 e. The second-order valence-corrected chi connectivity index (χ2v) is 17.6. The molecule has 2 aromatic carbocycles. The van der Waals surface area contributed by atoms with Gasteiger partial charge >= 0.3 is 0 Å². The van der Waals surface area contributed by atoms with Gasteiger partial charge in [-0.05, 0) is 119 Å². The molecule has 11 N–H and O–H groups in total. The van der Waals surface area contributed by atoms with Crippen LogP contribution in [0.2, 0.25) is 0 Å². The average molecular weight is 1380 g/mol. The second-order valence-electron chi connectivity index (χ2n) is 12.2. The summed E-state index contributed by atoms with van der Waals surface area (Å²) >= 11 is 8.91. The Morgan fingerprint density at radius 2 is 0.983 bits per heavy atom. The summed E-state index contributed by atoms with van der Waals surface area (Å²) in [5.41, 5.74) is 1.80. The summed E-state index contributed by atoms with van der Waals surface area (Å²) in [4.78, 5) is 87.3. The van der Waals surface area contributed by atoms with Crippen LogP contribution in [-0.2, 0) is 14.4 Å². The molecule has 0 spiro atoms. The van der Waals surface area contributed by atoms with E-state index in [0.717, 1.165) is 23.6 Å². The molecule has 0 heterocycles. The number of hydroxylamine groups is 1. The van der Waals surface area contributed by atoms with Gasteiger partial charge in [-0.1, -0.05) is 0 Å². The SMILES string of the molecule is CONC(=O)c1c(I)c(C(=O)NCC(O)CO)cc(N(CC(O)CN(C(C)=O)c2c(I)c(C(=O)NCC(O)CO)c(I)c(C(=O)NCC(O)CO)c2I)C(C)=O)c1I. The Kier molecular flexibility index (Phi) is 22.6. The zero-order valence-corrected chi connectivity index (χ0v) is 41.6. The molecular weight excluding hydrogens is 1340 g/mol. The summed E-state index contributed by atoms with van der Waals surface area (Å²) in [5, 5.41) is 76.3. The van der Waals surface area contributed by atoms with Gasteiger partial charge in [0.05, 0.1) is 109 Å². The molecule has 0 saturated carbocycles. The van der Waals surface area contributed by atoms with Crippen molar-refractivity contribution in [1.82, 2.24) is 21.4 Å². The Morgan fingerprint density at radius 3 is 1.38 bits per heavy atom. The number of rotatable bonds is 20. The minimum atomic E-state index is -1.57. The van der Waals surface area contributed by atoms with Crippen molar-refractivity contribution in [1.29, 1.82) is 0 Å². The van der Waals surface area contributed by atoms with Crippen LogP contribution in [0, 0.1) is 17.9 Å². The Labute approximate surface area is 400 Å². The Balaban J connectivity index is 2.77. The van der Waals surface area contributed by atoms with E-state index in [1.165, 1.54) is 13.2 Å². The Hall–Kier alpha value is -1.41. The number of halogens is 5. The van der Waals surface area contributed by atoms with Gasteiger partial charge in [0, 0.05) is 40.6 Å². The normalized spacial score (nSPS) is 13.2. The summed E-state index contributed by atoms with van der Waals surface area (Å²) in [6.45, 7) is -1.79. The molecule has 2 aromatic rings. The average Bonchev–Trinajstić information content (AvgIpc) is 3.16. The van der Waals surface area contributed by atoms with Gasteiger partial charge in [0.15, 0.2) is 0 Å². The van der Waals surface area contributed by atoms with Gasteiger partial charge in [0.1, 0.15) is 0 Å². The molecule has 20 nitrogen and oxygen atoms in total. The summed E-state index contributed by atoms with van der Waals surface area (Å²) in [6.07, 6.45) is -5.49. The molecule has 0 fully saturated rings. The molecule has 25 heteroatoms.